The van der Waals surface area contributed by atoms with Crippen LogP contribution >= 0.6 is 11.3 Å². The summed E-state index contributed by atoms with van der Waals surface area (Å²) in [5.74, 6) is 0. The first-order valence-electron chi connectivity index (χ1n) is 5.03. The zero-order chi connectivity index (χ0) is 9.80. The van der Waals surface area contributed by atoms with E-state index in [1.807, 2.05) is 0 Å². The number of aryl methyl sites for hydroxylation is 1. The van der Waals surface area contributed by atoms with Crippen molar-refractivity contribution in [1.82, 2.24) is 0 Å². The van der Waals surface area contributed by atoms with Crippen molar-refractivity contribution < 1.29 is 0 Å². The predicted octanol–water partition coefficient (Wildman–Crippen LogP) is 4.37. The highest BCUT2D eigenvalue weighted by molar-refractivity contribution is 7.13. The first-order valence-corrected chi connectivity index (χ1v) is 5.91. The van der Waals surface area contributed by atoms with Crippen molar-refractivity contribution in [2.24, 2.45) is 0 Å². The lowest BCUT2D eigenvalue weighted by molar-refractivity contribution is 0.922. The summed E-state index contributed by atoms with van der Waals surface area (Å²) in [6.45, 7) is 2.22. The molecule has 0 unspecified atom stereocenters. The van der Waals surface area contributed by atoms with Gasteiger partial charge >= 0.3 is 0 Å². The molecule has 14 heavy (non-hydrogen) atoms. The van der Waals surface area contributed by atoms with Crippen molar-refractivity contribution in [2.45, 2.75) is 19.8 Å². The Morgan fingerprint density at radius 1 is 1.07 bits per heavy atom. The first-order chi connectivity index (χ1) is 6.90. The van der Waals surface area contributed by atoms with E-state index in [0.717, 1.165) is 0 Å². The second-order valence-electron chi connectivity index (χ2n) is 3.42. The van der Waals surface area contributed by atoms with E-state index >= 15 is 0 Å². The Kier molecular flexibility index (Phi) is 3.00. The summed E-state index contributed by atoms with van der Waals surface area (Å²) in [5, 5.41) is 2.12. The van der Waals surface area contributed by atoms with Gasteiger partial charge in [0.2, 0.25) is 0 Å². The van der Waals surface area contributed by atoms with E-state index in [1.165, 1.54) is 28.8 Å². The van der Waals surface area contributed by atoms with Crippen LogP contribution in [0.25, 0.3) is 10.4 Å². The summed E-state index contributed by atoms with van der Waals surface area (Å²) in [4.78, 5) is 1.35. The summed E-state index contributed by atoms with van der Waals surface area (Å²) < 4.78 is 0. The second kappa shape index (κ2) is 4.43. The fourth-order valence-corrected chi connectivity index (χ4v) is 2.30. The molecular weight excluding hydrogens is 188 g/mol. The molecule has 0 aliphatic heterocycles. The fourth-order valence-electron chi connectivity index (χ4n) is 1.57. The first kappa shape index (κ1) is 9.47. The molecule has 0 bridgehead atoms. The minimum Gasteiger partial charge on any atom is -0.144 e. The van der Waals surface area contributed by atoms with Crippen molar-refractivity contribution in [3.05, 3.63) is 47.3 Å². The van der Waals surface area contributed by atoms with Crippen LogP contribution in [-0.4, -0.2) is 0 Å². The summed E-state index contributed by atoms with van der Waals surface area (Å²) in [7, 11) is 0. The Bertz CT molecular complexity index is 370. The number of rotatable bonds is 3. The monoisotopic (exact) mass is 202 g/mol. The van der Waals surface area contributed by atoms with Gasteiger partial charge in [-0.2, -0.15) is 0 Å². The highest BCUT2D eigenvalue weighted by Gasteiger charge is 1.97. The molecule has 0 saturated heterocycles. The van der Waals surface area contributed by atoms with Gasteiger partial charge in [-0.25, -0.2) is 0 Å². The van der Waals surface area contributed by atoms with E-state index in [1.54, 1.807) is 11.3 Å². The van der Waals surface area contributed by atoms with Crippen LogP contribution in [0, 0.1) is 0 Å². The van der Waals surface area contributed by atoms with E-state index in [9.17, 15) is 0 Å². The molecule has 0 fully saturated rings. The van der Waals surface area contributed by atoms with E-state index in [2.05, 4.69) is 48.7 Å². The Hall–Kier alpha value is -1.08. The maximum Gasteiger partial charge on any atom is 0.0342 e. The molecule has 1 aromatic carbocycles. The highest BCUT2D eigenvalue weighted by Crippen LogP contribution is 2.24. The van der Waals surface area contributed by atoms with Gasteiger partial charge < -0.3 is 0 Å². The second-order valence-corrected chi connectivity index (χ2v) is 4.37. The average molecular weight is 202 g/mol. The lowest BCUT2D eigenvalue weighted by atomic mass is 10.1. The molecule has 0 radical (unpaired) electrons. The van der Waals surface area contributed by atoms with Crippen molar-refractivity contribution in [2.75, 3.05) is 0 Å². The third kappa shape index (κ3) is 2.05. The predicted molar refractivity (Wildman–Crippen MR) is 63.8 cm³/mol. The lowest BCUT2D eigenvalue weighted by Crippen LogP contribution is -1.81. The van der Waals surface area contributed by atoms with E-state index in [-0.39, 0.29) is 0 Å². The van der Waals surface area contributed by atoms with Gasteiger partial charge in [0, 0.05) is 4.88 Å². The molecule has 0 spiro atoms. The van der Waals surface area contributed by atoms with Gasteiger partial charge in [-0.15, -0.1) is 11.3 Å². The number of benzene rings is 1. The SMILES string of the molecule is CCCc1ccc(-c2cccs2)cc1. The number of hydrogen-bond donors (Lipinski definition) is 0. The zero-order valence-electron chi connectivity index (χ0n) is 8.36. The molecule has 0 aliphatic rings. The molecule has 72 valence electrons. The summed E-state index contributed by atoms with van der Waals surface area (Å²) in [5.41, 5.74) is 2.77. The largest absolute Gasteiger partial charge is 0.144 e. The topological polar surface area (TPSA) is 0 Å². The molecule has 0 N–H and O–H groups in total. The highest BCUT2D eigenvalue weighted by atomic mass is 32.1. The summed E-state index contributed by atoms with van der Waals surface area (Å²) in [6.07, 6.45) is 2.41. The maximum atomic E-state index is 2.23. The molecule has 0 atom stereocenters. The van der Waals surface area contributed by atoms with E-state index in [0.29, 0.717) is 0 Å². The fraction of sp³-hybridized carbons (Fsp3) is 0.231. The molecule has 1 heteroatoms. The van der Waals surface area contributed by atoms with Gasteiger partial charge in [-0.3, -0.25) is 0 Å². The van der Waals surface area contributed by atoms with E-state index < -0.39 is 0 Å². The molecule has 0 saturated carbocycles. The van der Waals surface area contributed by atoms with Crippen LogP contribution in [0.5, 0.6) is 0 Å². The molecule has 2 aromatic rings. The minimum absolute atomic E-state index is 1.19. The Morgan fingerprint density at radius 3 is 2.43 bits per heavy atom. The lowest BCUT2D eigenvalue weighted by Gasteiger charge is -2.00. The van der Waals surface area contributed by atoms with Crippen LogP contribution in [0.3, 0.4) is 0 Å². The molecular formula is C13H14S. The van der Waals surface area contributed by atoms with Gasteiger partial charge in [0.1, 0.15) is 0 Å². The molecule has 2 rings (SSSR count). The van der Waals surface area contributed by atoms with Crippen LogP contribution in [0.1, 0.15) is 18.9 Å². The van der Waals surface area contributed by atoms with Crippen molar-refractivity contribution in [3.8, 4) is 10.4 Å². The number of thiophene rings is 1. The van der Waals surface area contributed by atoms with Gasteiger partial charge in [0.05, 0.1) is 0 Å². The van der Waals surface area contributed by atoms with Gasteiger partial charge in [0.25, 0.3) is 0 Å². The van der Waals surface area contributed by atoms with Crippen LogP contribution in [-0.2, 0) is 6.42 Å². The Morgan fingerprint density at radius 2 is 1.86 bits per heavy atom. The van der Waals surface area contributed by atoms with Crippen LogP contribution in [0.4, 0.5) is 0 Å². The molecule has 1 aromatic heterocycles. The summed E-state index contributed by atoms with van der Waals surface area (Å²) in [6, 6.07) is 13.2. The molecule has 0 nitrogen and oxygen atoms in total. The maximum absolute atomic E-state index is 2.23. The van der Waals surface area contributed by atoms with Crippen LogP contribution < -0.4 is 0 Å². The van der Waals surface area contributed by atoms with Gasteiger partial charge in [-0.05, 0) is 29.0 Å². The minimum atomic E-state index is 1.19. The Labute approximate surface area is 89.2 Å². The van der Waals surface area contributed by atoms with Gasteiger partial charge in [0.15, 0.2) is 0 Å². The number of hydrogen-bond acceptors (Lipinski definition) is 1. The van der Waals surface area contributed by atoms with Gasteiger partial charge in [-0.1, -0.05) is 43.7 Å². The third-order valence-corrected chi connectivity index (χ3v) is 3.22. The third-order valence-electron chi connectivity index (χ3n) is 2.30. The molecule has 0 aliphatic carbocycles. The van der Waals surface area contributed by atoms with Crippen molar-refractivity contribution >= 4 is 11.3 Å². The quantitative estimate of drug-likeness (QED) is 0.693. The van der Waals surface area contributed by atoms with Crippen LogP contribution in [0.15, 0.2) is 41.8 Å². The molecule has 1 heterocycles. The summed E-state index contributed by atoms with van der Waals surface area (Å²) >= 11 is 1.80. The normalized spacial score (nSPS) is 10.4. The Balaban J connectivity index is 2.22. The van der Waals surface area contributed by atoms with Crippen molar-refractivity contribution in [1.29, 1.82) is 0 Å². The molecule has 0 amide bonds. The van der Waals surface area contributed by atoms with Crippen LogP contribution in [0.2, 0.25) is 0 Å². The van der Waals surface area contributed by atoms with E-state index in [4.69, 9.17) is 0 Å². The zero-order valence-corrected chi connectivity index (χ0v) is 9.18. The smallest absolute Gasteiger partial charge is 0.0342 e. The standard InChI is InChI=1S/C13H14S/c1-2-4-11-6-8-12(9-7-11)13-5-3-10-14-13/h3,5-10H,2,4H2,1H3. The average Bonchev–Trinajstić information content (AvgIpc) is 2.72. The van der Waals surface area contributed by atoms with Crippen molar-refractivity contribution in [3.63, 3.8) is 0 Å².